The Kier molecular flexibility index (Phi) is 3.26. The van der Waals surface area contributed by atoms with Gasteiger partial charge in [0.2, 0.25) is 0 Å². The van der Waals surface area contributed by atoms with Crippen molar-refractivity contribution in [2.75, 3.05) is 0 Å². The lowest BCUT2D eigenvalue weighted by atomic mass is 10.0. The first-order valence-electron chi connectivity index (χ1n) is 5.19. The summed E-state index contributed by atoms with van der Waals surface area (Å²) in [6.45, 7) is 3.80. The highest BCUT2D eigenvalue weighted by Gasteiger charge is 2.18. The minimum atomic E-state index is -1.04. The van der Waals surface area contributed by atoms with Crippen LogP contribution in [0.25, 0.3) is 0 Å². The maximum Gasteiger partial charge on any atom is 0.132 e. The summed E-state index contributed by atoms with van der Waals surface area (Å²) in [6, 6.07) is 5.04. The second-order valence-electron chi connectivity index (χ2n) is 3.94. The molecular formula is C13H12F2OS. The van der Waals surface area contributed by atoms with E-state index in [9.17, 15) is 13.9 Å². The molecule has 0 amide bonds. The van der Waals surface area contributed by atoms with Crippen molar-refractivity contribution in [3.8, 4) is 0 Å². The van der Waals surface area contributed by atoms with E-state index in [2.05, 4.69) is 0 Å². The van der Waals surface area contributed by atoms with Gasteiger partial charge < -0.3 is 5.11 Å². The Bertz CT molecular complexity index is 548. The van der Waals surface area contributed by atoms with E-state index in [4.69, 9.17) is 0 Å². The third-order valence-electron chi connectivity index (χ3n) is 2.63. The normalized spacial score (nSPS) is 12.8. The number of rotatable bonds is 2. The Morgan fingerprint density at radius 3 is 2.35 bits per heavy atom. The molecule has 0 aliphatic heterocycles. The van der Waals surface area contributed by atoms with Gasteiger partial charge in [0.15, 0.2) is 0 Å². The zero-order chi connectivity index (χ0) is 12.6. The molecule has 0 radical (unpaired) electrons. The fourth-order valence-corrected chi connectivity index (χ4v) is 2.77. The largest absolute Gasteiger partial charge is 0.384 e. The van der Waals surface area contributed by atoms with Crippen LogP contribution in [0.1, 0.15) is 27.0 Å². The van der Waals surface area contributed by atoms with E-state index in [0.717, 1.165) is 21.9 Å². The van der Waals surface area contributed by atoms with Gasteiger partial charge in [-0.15, -0.1) is 11.3 Å². The predicted molar refractivity (Wildman–Crippen MR) is 64.2 cm³/mol. The van der Waals surface area contributed by atoms with Crippen LogP contribution in [0.4, 0.5) is 8.78 Å². The second kappa shape index (κ2) is 4.55. The van der Waals surface area contributed by atoms with Crippen molar-refractivity contribution in [3.63, 3.8) is 0 Å². The Hall–Kier alpha value is -1.26. The average Bonchev–Trinajstić information content (AvgIpc) is 2.57. The van der Waals surface area contributed by atoms with Gasteiger partial charge in [0, 0.05) is 21.4 Å². The number of thiophene rings is 1. The minimum absolute atomic E-state index is 0.104. The van der Waals surface area contributed by atoms with Crippen LogP contribution in [-0.2, 0) is 0 Å². The average molecular weight is 254 g/mol. The number of benzene rings is 1. The maximum atomic E-state index is 13.5. The molecule has 4 heteroatoms. The number of hydrogen-bond donors (Lipinski definition) is 1. The molecule has 2 rings (SSSR count). The van der Waals surface area contributed by atoms with E-state index in [1.54, 1.807) is 11.3 Å². The summed E-state index contributed by atoms with van der Waals surface area (Å²) >= 11 is 1.54. The van der Waals surface area contributed by atoms with Crippen LogP contribution in [0.5, 0.6) is 0 Å². The molecule has 17 heavy (non-hydrogen) atoms. The molecule has 1 heterocycles. The van der Waals surface area contributed by atoms with Crippen LogP contribution >= 0.6 is 11.3 Å². The Balaban J connectivity index is 2.43. The van der Waals surface area contributed by atoms with Gasteiger partial charge in [0.25, 0.3) is 0 Å². The first kappa shape index (κ1) is 12.2. The van der Waals surface area contributed by atoms with Crippen molar-refractivity contribution in [2.45, 2.75) is 20.0 Å². The van der Waals surface area contributed by atoms with Gasteiger partial charge in [0.05, 0.1) is 0 Å². The summed E-state index contributed by atoms with van der Waals surface area (Å²) < 4.78 is 26.3. The van der Waals surface area contributed by atoms with Crippen molar-refractivity contribution < 1.29 is 13.9 Å². The maximum absolute atomic E-state index is 13.5. The van der Waals surface area contributed by atoms with Crippen molar-refractivity contribution in [2.24, 2.45) is 0 Å². The molecule has 90 valence electrons. The Morgan fingerprint density at radius 1 is 1.12 bits per heavy atom. The molecule has 0 fully saturated rings. The van der Waals surface area contributed by atoms with Crippen molar-refractivity contribution in [1.29, 1.82) is 0 Å². The molecular weight excluding hydrogens is 242 g/mol. The van der Waals surface area contributed by atoms with Crippen molar-refractivity contribution in [1.82, 2.24) is 0 Å². The highest BCUT2D eigenvalue weighted by atomic mass is 32.1. The summed E-state index contributed by atoms with van der Waals surface area (Å²) in [5, 5.41) is 10.1. The van der Waals surface area contributed by atoms with Gasteiger partial charge in [-0.3, -0.25) is 0 Å². The van der Waals surface area contributed by atoms with E-state index in [1.807, 2.05) is 19.9 Å². The van der Waals surface area contributed by atoms with E-state index < -0.39 is 17.7 Å². The van der Waals surface area contributed by atoms with Crippen LogP contribution in [0.3, 0.4) is 0 Å². The highest BCUT2D eigenvalue weighted by molar-refractivity contribution is 7.12. The predicted octanol–water partition coefficient (Wildman–Crippen LogP) is 3.72. The molecule has 1 atom stereocenters. The topological polar surface area (TPSA) is 20.2 Å². The molecule has 2 aromatic rings. The molecule has 0 saturated carbocycles. The molecule has 0 bridgehead atoms. The number of aliphatic hydroxyl groups excluding tert-OH is 1. The molecule has 1 N–H and O–H groups in total. The third-order valence-corrected chi connectivity index (χ3v) is 3.61. The van der Waals surface area contributed by atoms with Crippen LogP contribution in [-0.4, -0.2) is 5.11 Å². The summed E-state index contributed by atoms with van der Waals surface area (Å²) in [7, 11) is 0. The summed E-state index contributed by atoms with van der Waals surface area (Å²) in [5.41, 5.74) is 0.783. The minimum Gasteiger partial charge on any atom is -0.384 e. The lowest BCUT2D eigenvalue weighted by Gasteiger charge is -2.11. The smallest absolute Gasteiger partial charge is 0.132 e. The van der Waals surface area contributed by atoms with Crippen LogP contribution in [0.2, 0.25) is 0 Å². The summed E-state index contributed by atoms with van der Waals surface area (Å²) in [5.74, 6) is -1.36. The number of halogens is 2. The van der Waals surface area contributed by atoms with Crippen LogP contribution in [0, 0.1) is 25.5 Å². The number of hydrogen-bond acceptors (Lipinski definition) is 2. The van der Waals surface area contributed by atoms with Crippen molar-refractivity contribution >= 4 is 11.3 Å². The number of aryl methyl sites for hydroxylation is 2. The number of aliphatic hydroxyl groups is 1. The molecule has 0 aliphatic carbocycles. The standard InChI is InChI=1S/C13H12F2OS/c1-7-5-11(8(2)17-7)13(16)10-4-3-9(14)6-12(10)15/h3-6,13,16H,1-2H3. The molecule has 0 saturated heterocycles. The first-order chi connectivity index (χ1) is 7.99. The van der Waals surface area contributed by atoms with Gasteiger partial charge >= 0.3 is 0 Å². The summed E-state index contributed by atoms with van der Waals surface area (Å²) in [4.78, 5) is 2.00. The molecule has 1 aromatic carbocycles. The van der Waals surface area contributed by atoms with E-state index in [1.165, 1.54) is 6.07 Å². The van der Waals surface area contributed by atoms with E-state index >= 15 is 0 Å². The molecule has 0 spiro atoms. The zero-order valence-corrected chi connectivity index (χ0v) is 10.3. The molecule has 0 aliphatic rings. The Morgan fingerprint density at radius 2 is 1.82 bits per heavy atom. The molecule has 1 unspecified atom stereocenters. The van der Waals surface area contributed by atoms with Gasteiger partial charge in [-0.1, -0.05) is 6.07 Å². The van der Waals surface area contributed by atoms with E-state index in [-0.39, 0.29) is 5.56 Å². The third kappa shape index (κ3) is 2.37. The van der Waals surface area contributed by atoms with E-state index in [0.29, 0.717) is 5.56 Å². The van der Waals surface area contributed by atoms with Crippen LogP contribution in [0.15, 0.2) is 24.3 Å². The SMILES string of the molecule is Cc1cc(C(O)c2ccc(F)cc2F)c(C)s1. The summed E-state index contributed by atoms with van der Waals surface area (Å²) in [6.07, 6.45) is -1.04. The second-order valence-corrected chi connectivity index (χ2v) is 5.40. The zero-order valence-electron chi connectivity index (χ0n) is 9.50. The van der Waals surface area contributed by atoms with Gasteiger partial charge in [-0.05, 0) is 31.5 Å². The first-order valence-corrected chi connectivity index (χ1v) is 6.00. The Labute approximate surface area is 102 Å². The lowest BCUT2D eigenvalue weighted by Crippen LogP contribution is -2.03. The molecule has 1 aromatic heterocycles. The fourth-order valence-electron chi connectivity index (χ4n) is 1.81. The highest BCUT2D eigenvalue weighted by Crippen LogP contribution is 2.31. The van der Waals surface area contributed by atoms with Crippen molar-refractivity contribution in [3.05, 3.63) is 56.8 Å². The molecule has 1 nitrogen and oxygen atoms in total. The van der Waals surface area contributed by atoms with Gasteiger partial charge in [-0.25, -0.2) is 8.78 Å². The monoisotopic (exact) mass is 254 g/mol. The van der Waals surface area contributed by atoms with Crippen LogP contribution < -0.4 is 0 Å². The fraction of sp³-hybridized carbons (Fsp3) is 0.231. The van der Waals surface area contributed by atoms with Gasteiger partial charge in [0.1, 0.15) is 17.7 Å². The quantitative estimate of drug-likeness (QED) is 0.866. The van der Waals surface area contributed by atoms with Gasteiger partial charge in [-0.2, -0.15) is 0 Å². The lowest BCUT2D eigenvalue weighted by molar-refractivity contribution is 0.214.